The van der Waals surface area contributed by atoms with E-state index in [2.05, 4.69) is 34.0 Å². The number of rotatable bonds is 4. The molecule has 1 atom stereocenters. The van der Waals surface area contributed by atoms with Gasteiger partial charge in [0.1, 0.15) is 17.0 Å². The smallest absolute Gasteiger partial charge is 0.223 e. The highest BCUT2D eigenvalue weighted by Crippen LogP contribution is 2.35. The molecule has 0 aromatic carbocycles. The summed E-state index contributed by atoms with van der Waals surface area (Å²) in [6.45, 7) is 8.35. The van der Waals surface area contributed by atoms with Crippen LogP contribution in [0.15, 0.2) is 6.33 Å². The molecular formula is C17H25N5OS. The Morgan fingerprint density at radius 3 is 2.79 bits per heavy atom. The molecule has 6 nitrogen and oxygen atoms in total. The summed E-state index contributed by atoms with van der Waals surface area (Å²) >= 11 is 1.72. The molecule has 2 aromatic heterocycles. The molecule has 1 aliphatic heterocycles. The van der Waals surface area contributed by atoms with E-state index in [0.717, 1.165) is 36.6 Å². The molecule has 3 rings (SSSR count). The van der Waals surface area contributed by atoms with E-state index in [1.54, 1.807) is 17.7 Å². The van der Waals surface area contributed by atoms with Gasteiger partial charge in [0.25, 0.3) is 0 Å². The fraction of sp³-hybridized carbons (Fsp3) is 0.588. The molecule has 0 spiro atoms. The number of anilines is 1. The number of nitrogens with one attached hydrogen (secondary N) is 1. The number of hydrogen-bond donors (Lipinski definition) is 2. The fourth-order valence-corrected chi connectivity index (χ4v) is 4.17. The normalized spacial score (nSPS) is 17.2. The topological polar surface area (TPSA) is 84.1 Å². The molecule has 7 heteroatoms. The summed E-state index contributed by atoms with van der Waals surface area (Å²) in [5.74, 6) is 1.21. The Bertz CT molecular complexity index is 736. The Morgan fingerprint density at radius 2 is 2.12 bits per heavy atom. The molecule has 24 heavy (non-hydrogen) atoms. The molecule has 0 radical (unpaired) electrons. The second-order valence-electron chi connectivity index (χ2n) is 6.57. The van der Waals surface area contributed by atoms with Crippen LogP contribution in [0.4, 0.5) is 5.82 Å². The number of piperidine rings is 1. The van der Waals surface area contributed by atoms with Gasteiger partial charge in [-0.15, -0.1) is 11.3 Å². The minimum Gasteiger partial charge on any atom is -0.356 e. The Labute approximate surface area is 146 Å². The maximum absolute atomic E-state index is 12.3. The summed E-state index contributed by atoms with van der Waals surface area (Å²) < 4.78 is 0. The molecule has 3 N–H and O–H groups in total. The Morgan fingerprint density at radius 1 is 1.42 bits per heavy atom. The van der Waals surface area contributed by atoms with E-state index in [1.807, 2.05) is 6.92 Å². The zero-order valence-electron chi connectivity index (χ0n) is 14.5. The van der Waals surface area contributed by atoms with Crippen LogP contribution in [-0.4, -0.2) is 41.6 Å². The lowest BCUT2D eigenvalue weighted by Crippen LogP contribution is -2.45. The molecular weight excluding hydrogens is 322 g/mol. The van der Waals surface area contributed by atoms with E-state index in [4.69, 9.17) is 5.73 Å². The third-order valence-corrected chi connectivity index (χ3v) is 5.97. The summed E-state index contributed by atoms with van der Waals surface area (Å²) in [4.78, 5) is 25.8. The summed E-state index contributed by atoms with van der Waals surface area (Å²) in [7, 11) is 0. The zero-order valence-corrected chi connectivity index (χ0v) is 15.3. The molecule has 0 saturated carbocycles. The van der Waals surface area contributed by atoms with Crippen molar-refractivity contribution in [2.24, 2.45) is 11.7 Å². The van der Waals surface area contributed by atoms with Crippen LogP contribution < -0.4 is 16.0 Å². The number of amides is 1. The van der Waals surface area contributed by atoms with Crippen LogP contribution >= 0.6 is 11.3 Å². The van der Waals surface area contributed by atoms with E-state index in [0.29, 0.717) is 6.54 Å². The highest BCUT2D eigenvalue weighted by Gasteiger charge is 2.27. The average Bonchev–Trinajstić information content (AvgIpc) is 2.89. The predicted octanol–water partition coefficient (Wildman–Crippen LogP) is 1.99. The molecule has 0 aliphatic carbocycles. The van der Waals surface area contributed by atoms with Crippen molar-refractivity contribution in [1.82, 2.24) is 15.3 Å². The van der Waals surface area contributed by atoms with Gasteiger partial charge in [-0.3, -0.25) is 4.79 Å². The molecule has 2 aromatic rings. The molecule has 1 aliphatic rings. The molecule has 1 fully saturated rings. The fourth-order valence-electron chi connectivity index (χ4n) is 3.18. The Balaban J connectivity index is 1.72. The third-order valence-electron chi connectivity index (χ3n) is 4.85. The highest BCUT2D eigenvalue weighted by atomic mass is 32.1. The minimum atomic E-state index is 0.0356. The van der Waals surface area contributed by atoms with Crippen molar-refractivity contribution in [3.05, 3.63) is 16.8 Å². The average molecular weight is 347 g/mol. The van der Waals surface area contributed by atoms with Crippen molar-refractivity contribution >= 4 is 33.3 Å². The van der Waals surface area contributed by atoms with Crippen molar-refractivity contribution in [3.63, 3.8) is 0 Å². The van der Waals surface area contributed by atoms with Crippen LogP contribution in [-0.2, 0) is 4.79 Å². The van der Waals surface area contributed by atoms with Crippen LogP contribution in [0.1, 0.15) is 30.2 Å². The number of carbonyl (C=O) groups excluding carboxylic acids is 1. The van der Waals surface area contributed by atoms with E-state index < -0.39 is 0 Å². The molecule has 3 heterocycles. The number of hydrogen-bond acceptors (Lipinski definition) is 6. The van der Waals surface area contributed by atoms with Gasteiger partial charge in [-0.25, -0.2) is 9.97 Å². The largest absolute Gasteiger partial charge is 0.356 e. The van der Waals surface area contributed by atoms with Crippen LogP contribution in [0.2, 0.25) is 0 Å². The molecule has 0 unspecified atom stereocenters. The number of carbonyl (C=O) groups is 1. The van der Waals surface area contributed by atoms with E-state index in [1.165, 1.54) is 15.8 Å². The zero-order chi connectivity index (χ0) is 17.3. The lowest BCUT2D eigenvalue weighted by atomic mass is 9.95. The van der Waals surface area contributed by atoms with Gasteiger partial charge in [-0.05, 0) is 39.2 Å². The maximum atomic E-state index is 12.3. The van der Waals surface area contributed by atoms with Gasteiger partial charge in [-0.1, -0.05) is 0 Å². The number of aromatic nitrogens is 2. The van der Waals surface area contributed by atoms with Crippen molar-refractivity contribution in [1.29, 1.82) is 0 Å². The van der Waals surface area contributed by atoms with Gasteiger partial charge in [0.2, 0.25) is 5.91 Å². The summed E-state index contributed by atoms with van der Waals surface area (Å²) in [5.41, 5.74) is 6.85. The molecule has 1 saturated heterocycles. The second kappa shape index (κ2) is 7.03. The SMILES string of the molecule is Cc1sc2ncnc(N3CCC(C(=O)N[C@@H](C)CN)CC3)c2c1C. The Hall–Kier alpha value is -1.73. The van der Waals surface area contributed by atoms with Crippen LogP contribution in [0.25, 0.3) is 10.2 Å². The van der Waals surface area contributed by atoms with Gasteiger partial charge in [0.15, 0.2) is 0 Å². The first-order valence-electron chi connectivity index (χ1n) is 8.47. The van der Waals surface area contributed by atoms with Crippen molar-refractivity contribution in [3.8, 4) is 0 Å². The number of thiophene rings is 1. The number of aryl methyl sites for hydroxylation is 2. The molecule has 0 bridgehead atoms. The summed E-state index contributed by atoms with van der Waals surface area (Å²) in [6, 6.07) is 0.0356. The predicted molar refractivity (Wildman–Crippen MR) is 98.5 cm³/mol. The monoisotopic (exact) mass is 347 g/mol. The van der Waals surface area contributed by atoms with E-state index >= 15 is 0 Å². The van der Waals surface area contributed by atoms with Gasteiger partial charge in [0, 0.05) is 36.5 Å². The van der Waals surface area contributed by atoms with Gasteiger partial charge >= 0.3 is 0 Å². The van der Waals surface area contributed by atoms with Crippen molar-refractivity contribution in [2.45, 2.75) is 39.7 Å². The quantitative estimate of drug-likeness (QED) is 0.883. The van der Waals surface area contributed by atoms with Gasteiger partial charge < -0.3 is 16.0 Å². The van der Waals surface area contributed by atoms with E-state index in [9.17, 15) is 4.79 Å². The lowest BCUT2D eigenvalue weighted by Gasteiger charge is -2.33. The van der Waals surface area contributed by atoms with Crippen LogP contribution in [0.3, 0.4) is 0 Å². The first-order valence-corrected chi connectivity index (χ1v) is 9.29. The molecule has 1 amide bonds. The first kappa shape index (κ1) is 17.1. The summed E-state index contributed by atoms with van der Waals surface area (Å²) in [5, 5.41) is 4.16. The number of nitrogens with zero attached hydrogens (tertiary/aromatic N) is 3. The Kier molecular flexibility index (Phi) is 5.01. The highest BCUT2D eigenvalue weighted by molar-refractivity contribution is 7.18. The minimum absolute atomic E-state index is 0.0356. The lowest BCUT2D eigenvalue weighted by molar-refractivity contribution is -0.126. The number of nitrogens with two attached hydrogens (primary N) is 1. The third kappa shape index (κ3) is 3.23. The van der Waals surface area contributed by atoms with E-state index in [-0.39, 0.29) is 17.9 Å². The number of fused-ring (bicyclic) bond motifs is 1. The molecule has 130 valence electrons. The van der Waals surface area contributed by atoms with Crippen molar-refractivity contribution in [2.75, 3.05) is 24.5 Å². The maximum Gasteiger partial charge on any atom is 0.223 e. The first-order chi connectivity index (χ1) is 11.5. The van der Waals surface area contributed by atoms with Gasteiger partial charge in [0.05, 0.1) is 5.39 Å². The second-order valence-corrected chi connectivity index (χ2v) is 7.77. The van der Waals surface area contributed by atoms with Crippen LogP contribution in [0.5, 0.6) is 0 Å². The summed E-state index contributed by atoms with van der Waals surface area (Å²) in [6.07, 6.45) is 3.34. The van der Waals surface area contributed by atoms with Gasteiger partial charge in [-0.2, -0.15) is 0 Å². The van der Waals surface area contributed by atoms with Crippen LogP contribution in [0, 0.1) is 19.8 Å². The van der Waals surface area contributed by atoms with Crippen molar-refractivity contribution < 1.29 is 4.79 Å². The standard InChI is InChI=1S/C17H25N5OS/c1-10(8-18)21-16(23)13-4-6-22(7-5-13)15-14-11(2)12(3)24-17(14)20-9-19-15/h9-10,13H,4-8,18H2,1-3H3,(H,21,23)/t10-/m0/s1.